The van der Waals surface area contributed by atoms with Gasteiger partial charge in [0.1, 0.15) is 5.75 Å². The second kappa shape index (κ2) is 9.17. The number of ether oxygens (including phenoxy) is 1. The minimum atomic E-state index is -2.89. The van der Waals surface area contributed by atoms with Crippen LogP contribution in [0.4, 0.5) is 14.5 Å². The average molecular weight is 416 g/mol. The highest BCUT2D eigenvalue weighted by Crippen LogP contribution is 2.26. The molecule has 0 aliphatic heterocycles. The van der Waals surface area contributed by atoms with Crippen LogP contribution in [0.1, 0.15) is 11.1 Å². The highest BCUT2D eigenvalue weighted by atomic mass is 19.3. The molecular weight excluding hydrogens is 398 g/mol. The molecule has 1 aromatic heterocycles. The first-order chi connectivity index (χ1) is 15.1. The van der Waals surface area contributed by atoms with Gasteiger partial charge in [0, 0.05) is 34.4 Å². The van der Waals surface area contributed by atoms with E-state index >= 15 is 0 Å². The van der Waals surface area contributed by atoms with Crippen LogP contribution in [0.15, 0.2) is 91.3 Å². The van der Waals surface area contributed by atoms with E-state index in [0.29, 0.717) is 16.8 Å². The highest BCUT2D eigenvalue weighted by molar-refractivity contribution is 6.30. The lowest BCUT2D eigenvalue weighted by molar-refractivity contribution is -0.111. The first-order valence-electron chi connectivity index (χ1n) is 9.56. The van der Waals surface area contributed by atoms with E-state index in [1.165, 1.54) is 12.1 Å². The zero-order valence-electron chi connectivity index (χ0n) is 16.3. The van der Waals surface area contributed by atoms with Crippen molar-refractivity contribution >= 4 is 34.0 Å². The number of benzene rings is 3. The van der Waals surface area contributed by atoms with E-state index in [-0.39, 0.29) is 11.7 Å². The van der Waals surface area contributed by atoms with Gasteiger partial charge in [0.15, 0.2) is 0 Å². The third kappa shape index (κ3) is 4.93. The van der Waals surface area contributed by atoms with Crippen LogP contribution in [-0.2, 0) is 4.79 Å². The fraction of sp³-hybridized carbons (Fsp3) is 0.0400. The van der Waals surface area contributed by atoms with Gasteiger partial charge in [-0.2, -0.15) is 8.78 Å². The normalized spacial score (nSPS) is 11.5. The molecule has 0 aliphatic rings. The maximum atomic E-state index is 13.3. The number of halogens is 2. The van der Waals surface area contributed by atoms with Crippen molar-refractivity contribution in [2.75, 3.05) is 5.32 Å². The first-order valence-corrected chi connectivity index (χ1v) is 9.56. The van der Waals surface area contributed by atoms with Gasteiger partial charge in [0.05, 0.1) is 0 Å². The molecule has 0 fully saturated rings. The SMILES string of the molecule is O=C(Nc1cccc2cnccc12)C(=Cc1ccc(OC(F)F)cc1)c1ccccc1. The molecule has 6 heteroatoms. The van der Waals surface area contributed by atoms with Crippen molar-refractivity contribution in [3.8, 4) is 5.75 Å². The van der Waals surface area contributed by atoms with Crippen LogP contribution in [0.2, 0.25) is 0 Å². The molecule has 1 heterocycles. The summed E-state index contributed by atoms with van der Waals surface area (Å²) in [5.74, 6) is -0.231. The summed E-state index contributed by atoms with van der Waals surface area (Å²) in [5.41, 5.74) is 2.52. The van der Waals surface area contributed by atoms with Gasteiger partial charge in [-0.25, -0.2) is 0 Å². The molecule has 0 radical (unpaired) electrons. The maximum Gasteiger partial charge on any atom is 0.387 e. The minimum Gasteiger partial charge on any atom is -0.435 e. The van der Waals surface area contributed by atoms with Gasteiger partial charge >= 0.3 is 6.61 Å². The van der Waals surface area contributed by atoms with Crippen molar-refractivity contribution in [3.05, 3.63) is 102 Å². The number of aromatic nitrogens is 1. The van der Waals surface area contributed by atoms with Gasteiger partial charge in [0.25, 0.3) is 5.91 Å². The Hall–Kier alpha value is -4.06. The number of pyridine rings is 1. The number of fused-ring (bicyclic) bond motifs is 1. The summed E-state index contributed by atoms with van der Waals surface area (Å²) in [7, 11) is 0. The third-order valence-electron chi connectivity index (χ3n) is 4.67. The molecule has 4 rings (SSSR count). The quantitative estimate of drug-likeness (QED) is 0.309. The molecular formula is C25H18F2N2O2. The molecule has 3 aromatic carbocycles. The van der Waals surface area contributed by atoms with Crippen molar-refractivity contribution in [1.82, 2.24) is 4.98 Å². The van der Waals surface area contributed by atoms with Gasteiger partial charge in [-0.1, -0.05) is 54.6 Å². The van der Waals surface area contributed by atoms with Crippen LogP contribution >= 0.6 is 0 Å². The molecule has 31 heavy (non-hydrogen) atoms. The Morgan fingerprint density at radius 1 is 0.935 bits per heavy atom. The third-order valence-corrected chi connectivity index (χ3v) is 4.67. The summed E-state index contributed by atoms with van der Waals surface area (Å²) in [4.78, 5) is 17.4. The summed E-state index contributed by atoms with van der Waals surface area (Å²) in [6.07, 6.45) is 5.13. The fourth-order valence-corrected chi connectivity index (χ4v) is 3.23. The van der Waals surface area contributed by atoms with Crippen molar-refractivity contribution in [3.63, 3.8) is 0 Å². The second-order valence-corrected chi connectivity index (χ2v) is 6.73. The predicted molar refractivity (Wildman–Crippen MR) is 118 cm³/mol. The summed E-state index contributed by atoms with van der Waals surface area (Å²) in [6, 6.07) is 22.8. The molecule has 0 spiro atoms. The number of nitrogens with one attached hydrogen (secondary N) is 1. The van der Waals surface area contributed by atoms with E-state index in [2.05, 4.69) is 15.0 Å². The standard InChI is InChI=1S/C25H18F2N2O2/c26-25(27)31-20-11-9-17(10-12-20)15-22(18-5-2-1-3-6-18)24(30)29-23-8-4-7-19-16-28-14-13-21(19)23/h1-16,25H,(H,29,30). The number of nitrogens with zero attached hydrogens (tertiary/aromatic N) is 1. The average Bonchev–Trinajstić information content (AvgIpc) is 2.79. The van der Waals surface area contributed by atoms with Gasteiger partial charge in [-0.3, -0.25) is 9.78 Å². The lowest BCUT2D eigenvalue weighted by Crippen LogP contribution is -2.14. The van der Waals surface area contributed by atoms with Crippen molar-refractivity contribution in [2.45, 2.75) is 6.61 Å². The molecule has 4 aromatic rings. The molecule has 154 valence electrons. The number of rotatable bonds is 6. The molecule has 0 aliphatic carbocycles. The molecule has 0 saturated carbocycles. The lowest BCUT2D eigenvalue weighted by atomic mass is 10.0. The van der Waals surface area contributed by atoms with E-state index in [1.54, 1.807) is 30.6 Å². The topological polar surface area (TPSA) is 51.2 Å². The second-order valence-electron chi connectivity index (χ2n) is 6.73. The van der Waals surface area contributed by atoms with E-state index in [4.69, 9.17) is 0 Å². The molecule has 4 nitrogen and oxygen atoms in total. The zero-order valence-corrected chi connectivity index (χ0v) is 16.3. The van der Waals surface area contributed by atoms with Crippen LogP contribution in [-0.4, -0.2) is 17.5 Å². The Labute approximate surface area is 177 Å². The fourth-order valence-electron chi connectivity index (χ4n) is 3.23. The van der Waals surface area contributed by atoms with Crippen LogP contribution in [0, 0.1) is 0 Å². The Morgan fingerprint density at radius 2 is 1.71 bits per heavy atom. The maximum absolute atomic E-state index is 13.3. The minimum absolute atomic E-state index is 0.0576. The lowest BCUT2D eigenvalue weighted by Gasteiger charge is -2.12. The zero-order chi connectivity index (χ0) is 21.6. The number of anilines is 1. The molecule has 0 unspecified atom stereocenters. The van der Waals surface area contributed by atoms with Gasteiger partial charge in [-0.15, -0.1) is 0 Å². The van der Waals surface area contributed by atoms with E-state index in [1.807, 2.05) is 54.6 Å². The molecule has 0 bridgehead atoms. The van der Waals surface area contributed by atoms with E-state index < -0.39 is 6.61 Å². The molecule has 0 atom stereocenters. The summed E-state index contributed by atoms with van der Waals surface area (Å²) >= 11 is 0. The van der Waals surface area contributed by atoms with E-state index in [9.17, 15) is 13.6 Å². The molecule has 0 saturated heterocycles. The van der Waals surface area contributed by atoms with E-state index in [0.717, 1.165) is 16.3 Å². The number of alkyl halides is 2. The molecule has 1 amide bonds. The molecule has 1 N–H and O–H groups in total. The van der Waals surface area contributed by atoms with Crippen LogP contribution in [0.3, 0.4) is 0 Å². The van der Waals surface area contributed by atoms with Crippen LogP contribution < -0.4 is 10.1 Å². The monoisotopic (exact) mass is 416 g/mol. The van der Waals surface area contributed by atoms with Gasteiger partial charge < -0.3 is 10.1 Å². The predicted octanol–water partition coefficient (Wildman–Crippen LogP) is 6.02. The Kier molecular flexibility index (Phi) is 5.98. The summed E-state index contributed by atoms with van der Waals surface area (Å²) in [6.45, 7) is -2.89. The Morgan fingerprint density at radius 3 is 2.45 bits per heavy atom. The largest absolute Gasteiger partial charge is 0.435 e. The smallest absolute Gasteiger partial charge is 0.387 e. The summed E-state index contributed by atoms with van der Waals surface area (Å²) in [5, 5.41) is 4.78. The van der Waals surface area contributed by atoms with Crippen molar-refractivity contribution < 1.29 is 18.3 Å². The number of carbonyl (C=O) groups is 1. The van der Waals surface area contributed by atoms with Gasteiger partial charge in [0.2, 0.25) is 0 Å². The number of amides is 1. The van der Waals surface area contributed by atoms with Crippen molar-refractivity contribution in [1.29, 1.82) is 0 Å². The Bertz CT molecular complexity index is 1220. The highest BCUT2D eigenvalue weighted by Gasteiger charge is 2.14. The number of carbonyl (C=O) groups excluding carboxylic acids is 1. The number of hydrogen-bond acceptors (Lipinski definition) is 3. The Balaban J connectivity index is 1.68. The van der Waals surface area contributed by atoms with Crippen molar-refractivity contribution in [2.24, 2.45) is 0 Å². The van der Waals surface area contributed by atoms with Gasteiger partial charge in [-0.05, 0) is 41.5 Å². The number of hydrogen-bond donors (Lipinski definition) is 1. The summed E-state index contributed by atoms with van der Waals surface area (Å²) < 4.78 is 29.2. The van der Waals surface area contributed by atoms with Crippen LogP contribution in [0.5, 0.6) is 5.75 Å². The first kappa shape index (κ1) is 20.2. The van der Waals surface area contributed by atoms with Crippen LogP contribution in [0.25, 0.3) is 22.4 Å².